The molecule has 7 nitrogen and oxygen atoms in total. The third-order valence-electron chi connectivity index (χ3n) is 9.82. The Morgan fingerprint density at radius 3 is 2.00 bits per heavy atom. The Balaban J connectivity index is 1.40. The minimum Gasteiger partial charge on any atom is -0.496 e. The van der Waals surface area contributed by atoms with Crippen LogP contribution in [0.1, 0.15) is 30.4 Å². The predicted octanol–water partition coefficient (Wildman–Crippen LogP) is 6.38. The number of aliphatic hydroxyl groups is 2. The normalized spacial score (nSPS) is 19.8. The number of aliphatic hydroxyl groups excluding tert-OH is 2. The predicted molar refractivity (Wildman–Crippen MR) is 171 cm³/mol. The molecule has 5 rings (SSSR count). The average molecular weight is 720 g/mol. The molecule has 2 fully saturated rings. The van der Waals surface area contributed by atoms with E-state index in [9.17, 15) is 45.3 Å². The number of alkyl halides is 8. The molecule has 0 saturated carbocycles. The molecule has 1 unspecified atom stereocenters. The molecule has 0 aromatic heterocycles. The van der Waals surface area contributed by atoms with Crippen molar-refractivity contribution >= 4 is 10.8 Å². The highest BCUT2D eigenvalue weighted by Crippen LogP contribution is 2.49. The van der Waals surface area contributed by atoms with E-state index in [2.05, 4.69) is 5.32 Å². The number of hydrogen-bond donors (Lipinski definition) is 3. The number of fused-ring (bicyclic) bond motifs is 1. The van der Waals surface area contributed by atoms with E-state index in [0.29, 0.717) is 33.6 Å². The SMILES string of the molecule is COc1cc(CN2CCC(F)(F)C2)cc(OC)c1-c1cccc2c(C[C@@H](CO)NC(O)C3(C(F)(F)F)CCN(CC(F)(F)F)CC3)cccc12. The molecule has 3 aromatic carbocycles. The van der Waals surface area contributed by atoms with Gasteiger partial charge in [0.1, 0.15) is 23.1 Å². The van der Waals surface area contributed by atoms with E-state index in [1.165, 1.54) is 14.2 Å². The fraction of sp³-hybridized carbons (Fsp3) is 0.543. The number of methoxy groups -OCH3 is 2. The smallest absolute Gasteiger partial charge is 0.401 e. The molecular weight excluding hydrogens is 678 g/mol. The van der Waals surface area contributed by atoms with Crippen molar-refractivity contribution in [1.29, 1.82) is 0 Å². The molecule has 15 heteroatoms. The van der Waals surface area contributed by atoms with E-state index < -0.39 is 75.0 Å². The Hall–Kier alpha value is -3.24. The van der Waals surface area contributed by atoms with Gasteiger partial charge in [-0.05, 0) is 71.9 Å². The van der Waals surface area contributed by atoms with Crippen molar-refractivity contribution in [2.75, 3.05) is 53.6 Å². The van der Waals surface area contributed by atoms with Gasteiger partial charge < -0.3 is 19.7 Å². The lowest BCUT2D eigenvalue weighted by Gasteiger charge is -2.46. The summed E-state index contributed by atoms with van der Waals surface area (Å²) in [6.45, 7) is -2.80. The van der Waals surface area contributed by atoms with Crippen LogP contribution < -0.4 is 14.8 Å². The zero-order valence-electron chi connectivity index (χ0n) is 27.7. The van der Waals surface area contributed by atoms with Gasteiger partial charge in [0.25, 0.3) is 5.92 Å². The second kappa shape index (κ2) is 14.8. The average Bonchev–Trinajstić information content (AvgIpc) is 3.40. The molecule has 0 radical (unpaired) electrons. The Labute approximate surface area is 284 Å². The maximum Gasteiger partial charge on any atom is 0.401 e. The summed E-state index contributed by atoms with van der Waals surface area (Å²) in [7, 11) is 2.97. The first kappa shape index (κ1) is 38.0. The molecule has 0 spiro atoms. The molecule has 0 aliphatic carbocycles. The van der Waals surface area contributed by atoms with Crippen LogP contribution in [0.25, 0.3) is 21.9 Å². The molecular formula is C35H41F8N3O4. The van der Waals surface area contributed by atoms with Gasteiger partial charge >= 0.3 is 12.4 Å². The molecule has 2 heterocycles. The fourth-order valence-corrected chi connectivity index (χ4v) is 7.19. The van der Waals surface area contributed by atoms with Gasteiger partial charge in [-0.1, -0.05) is 36.4 Å². The van der Waals surface area contributed by atoms with Crippen LogP contribution in [0.4, 0.5) is 35.1 Å². The lowest BCUT2D eigenvalue weighted by Crippen LogP contribution is -2.61. The van der Waals surface area contributed by atoms with Gasteiger partial charge in [0.15, 0.2) is 0 Å². The molecule has 2 saturated heterocycles. The summed E-state index contributed by atoms with van der Waals surface area (Å²) in [6.07, 6.45) is -13.4. The summed E-state index contributed by atoms with van der Waals surface area (Å²) in [6, 6.07) is 13.3. The number of nitrogens with one attached hydrogen (secondary N) is 1. The fourth-order valence-electron chi connectivity index (χ4n) is 7.19. The number of rotatable bonds is 12. The number of ether oxygens (including phenoxy) is 2. The first-order chi connectivity index (χ1) is 23.5. The Kier molecular flexibility index (Phi) is 11.2. The van der Waals surface area contributed by atoms with Crippen LogP contribution in [-0.4, -0.2) is 104 Å². The number of halogens is 8. The van der Waals surface area contributed by atoms with Crippen molar-refractivity contribution in [3.05, 3.63) is 59.7 Å². The van der Waals surface area contributed by atoms with Crippen LogP contribution in [-0.2, 0) is 13.0 Å². The number of benzene rings is 3. The van der Waals surface area contributed by atoms with Gasteiger partial charge in [0.2, 0.25) is 0 Å². The molecule has 3 aromatic rings. The molecule has 0 bridgehead atoms. The Morgan fingerprint density at radius 1 is 0.860 bits per heavy atom. The topological polar surface area (TPSA) is 77.4 Å². The molecule has 2 aliphatic rings. The van der Waals surface area contributed by atoms with Crippen molar-refractivity contribution in [1.82, 2.24) is 15.1 Å². The summed E-state index contributed by atoms with van der Waals surface area (Å²) < 4.78 is 121. The first-order valence-electron chi connectivity index (χ1n) is 16.3. The molecule has 2 atom stereocenters. The van der Waals surface area contributed by atoms with Gasteiger partial charge in [-0.2, -0.15) is 26.3 Å². The summed E-state index contributed by atoms with van der Waals surface area (Å²) in [4.78, 5) is 2.55. The lowest BCUT2D eigenvalue weighted by atomic mass is 9.75. The van der Waals surface area contributed by atoms with Crippen LogP contribution in [0.3, 0.4) is 0 Å². The second-order valence-corrected chi connectivity index (χ2v) is 13.2. The van der Waals surface area contributed by atoms with Gasteiger partial charge in [-0.15, -0.1) is 0 Å². The van der Waals surface area contributed by atoms with Crippen molar-refractivity contribution < 1.29 is 54.8 Å². The van der Waals surface area contributed by atoms with Crippen molar-refractivity contribution in [3.8, 4) is 22.6 Å². The highest BCUT2D eigenvalue weighted by Gasteiger charge is 2.60. The number of likely N-dealkylation sites (tertiary alicyclic amines) is 2. The third kappa shape index (κ3) is 8.28. The summed E-state index contributed by atoms with van der Waals surface area (Å²) in [5.41, 5.74) is -0.0339. The summed E-state index contributed by atoms with van der Waals surface area (Å²) >= 11 is 0. The van der Waals surface area contributed by atoms with Crippen molar-refractivity contribution in [2.45, 2.75) is 62.8 Å². The number of piperidine rings is 1. The van der Waals surface area contributed by atoms with Crippen LogP contribution in [0.2, 0.25) is 0 Å². The molecule has 3 N–H and O–H groups in total. The third-order valence-corrected chi connectivity index (χ3v) is 9.82. The zero-order chi connectivity index (χ0) is 36.5. The maximum absolute atomic E-state index is 14.4. The molecule has 0 amide bonds. The van der Waals surface area contributed by atoms with Crippen LogP contribution in [0.15, 0.2) is 48.5 Å². The maximum atomic E-state index is 14.4. The molecule has 276 valence electrons. The quantitative estimate of drug-likeness (QED) is 0.148. The van der Waals surface area contributed by atoms with E-state index in [4.69, 9.17) is 9.47 Å². The van der Waals surface area contributed by atoms with E-state index in [1.807, 2.05) is 18.2 Å². The van der Waals surface area contributed by atoms with Gasteiger partial charge in [0, 0.05) is 25.6 Å². The minimum atomic E-state index is -4.93. The van der Waals surface area contributed by atoms with E-state index in [0.717, 1.165) is 15.8 Å². The van der Waals surface area contributed by atoms with Crippen LogP contribution in [0.5, 0.6) is 11.5 Å². The Bertz CT molecular complexity index is 1600. The summed E-state index contributed by atoms with van der Waals surface area (Å²) in [5, 5.41) is 25.2. The number of hydrogen-bond acceptors (Lipinski definition) is 7. The molecule has 50 heavy (non-hydrogen) atoms. The molecule has 2 aliphatic heterocycles. The highest BCUT2D eigenvalue weighted by atomic mass is 19.4. The largest absolute Gasteiger partial charge is 0.496 e. The second-order valence-electron chi connectivity index (χ2n) is 13.2. The summed E-state index contributed by atoms with van der Waals surface area (Å²) in [5.74, 6) is -1.85. The van der Waals surface area contributed by atoms with Crippen molar-refractivity contribution in [2.24, 2.45) is 5.41 Å². The monoisotopic (exact) mass is 719 g/mol. The minimum absolute atomic E-state index is 0.0101. The van der Waals surface area contributed by atoms with Crippen LogP contribution in [0, 0.1) is 5.41 Å². The van der Waals surface area contributed by atoms with Crippen LogP contribution >= 0.6 is 0 Å². The number of nitrogens with zero attached hydrogens (tertiary/aromatic N) is 2. The Morgan fingerprint density at radius 2 is 1.46 bits per heavy atom. The van der Waals surface area contributed by atoms with E-state index >= 15 is 0 Å². The van der Waals surface area contributed by atoms with E-state index in [-0.39, 0.29) is 32.5 Å². The van der Waals surface area contributed by atoms with Gasteiger partial charge in [-0.3, -0.25) is 15.1 Å². The van der Waals surface area contributed by atoms with Crippen molar-refractivity contribution in [3.63, 3.8) is 0 Å². The lowest BCUT2D eigenvalue weighted by molar-refractivity contribution is -0.276. The first-order valence-corrected chi connectivity index (χ1v) is 16.3. The highest BCUT2D eigenvalue weighted by molar-refractivity contribution is 6.01. The van der Waals surface area contributed by atoms with Gasteiger partial charge in [-0.25, -0.2) is 8.78 Å². The van der Waals surface area contributed by atoms with E-state index in [1.54, 1.807) is 35.2 Å². The standard InChI is InChI=1S/C35H41F8N3O4/c1-49-28-15-22(18-46-14-11-33(36,37)20-46)16-29(50-2)30(28)27-8-4-6-25-23(5-3-7-26(25)27)17-24(19-47)44-31(48)32(35(41,42)43)9-12-45(13-10-32)21-34(38,39)40/h3-8,15-16,24,31,44,47-48H,9-14,17-21H2,1-2H3/t24-,31?/m0/s1. The zero-order valence-corrected chi connectivity index (χ0v) is 27.7. The van der Waals surface area contributed by atoms with Gasteiger partial charge in [0.05, 0.1) is 39.5 Å².